The fraction of sp³-hybridized carbons (Fsp3) is 0.294. The van der Waals surface area contributed by atoms with E-state index < -0.39 is 0 Å². The largest absolute Gasteiger partial charge is 0.329 e. The highest BCUT2D eigenvalue weighted by atomic mass is 19.1. The molecule has 1 atom stereocenters. The molecule has 0 bridgehead atoms. The lowest BCUT2D eigenvalue weighted by molar-refractivity contribution is 0.241. The minimum absolute atomic E-state index is 0.0786. The van der Waals surface area contributed by atoms with Crippen molar-refractivity contribution in [3.63, 3.8) is 0 Å². The molecule has 0 aromatic heterocycles. The summed E-state index contributed by atoms with van der Waals surface area (Å²) in [5, 5.41) is 0. The molecule has 4 heteroatoms. The maximum atomic E-state index is 13.7. The van der Waals surface area contributed by atoms with E-state index in [1.54, 1.807) is 25.1 Å². The molecule has 0 fully saturated rings. The van der Waals surface area contributed by atoms with Gasteiger partial charge in [0, 0.05) is 19.1 Å². The lowest BCUT2D eigenvalue weighted by Gasteiger charge is -2.27. The summed E-state index contributed by atoms with van der Waals surface area (Å²) in [6.07, 6.45) is 0. The van der Waals surface area contributed by atoms with Crippen LogP contribution in [0.4, 0.5) is 8.78 Å². The summed E-state index contributed by atoms with van der Waals surface area (Å²) < 4.78 is 26.6. The highest BCUT2D eigenvalue weighted by molar-refractivity contribution is 5.26. The standard InChI is InChI=1S/C17H20F2N2/c1-12-3-6-14(9-16(12)19)17(10-20)21(2)11-13-4-7-15(18)8-5-13/h3-9,17H,10-11,20H2,1-2H3. The smallest absolute Gasteiger partial charge is 0.126 e. The van der Waals surface area contributed by atoms with Crippen molar-refractivity contribution in [2.24, 2.45) is 5.73 Å². The van der Waals surface area contributed by atoms with Gasteiger partial charge in [0.25, 0.3) is 0 Å². The first-order valence-electron chi connectivity index (χ1n) is 6.92. The molecule has 0 heterocycles. The number of aryl methyl sites for hydroxylation is 1. The van der Waals surface area contributed by atoms with E-state index in [2.05, 4.69) is 0 Å². The van der Waals surface area contributed by atoms with Crippen LogP contribution < -0.4 is 5.73 Å². The van der Waals surface area contributed by atoms with Crippen molar-refractivity contribution in [3.05, 3.63) is 70.8 Å². The summed E-state index contributed by atoms with van der Waals surface area (Å²) in [7, 11) is 1.93. The van der Waals surface area contributed by atoms with E-state index in [1.807, 2.05) is 18.0 Å². The van der Waals surface area contributed by atoms with Crippen LogP contribution in [-0.4, -0.2) is 18.5 Å². The van der Waals surface area contributed by atoms with Crippen LogP contribution >= 0.6 is 0 Å². The quantitative estimate of drug-likeness (QED) is 0.914. The first-order valence-corrected chi connectivity index (χ1v) is 6.92. The van der Waals surface area contributed by atoms with Gasteiger partial charge in [0.05, 0.1) is 0 Å². The fourth-order valence-corrected chi connectivity index (χ4v) is 2.37. The van der Waals surface area contributed by atoms with E-state index in [9.17, 15) is 8.78 Å². The summed E-state index contributed by atoms with van der Waals surface area (Å²) >= 11 is 0. The monoisotopic (exact) mass is 290 g/mol. The lowest BCUT2D eigenvalue weighted by atomic mass is 10.0. The number of nitrogens with two attached hydrogens (primary N) is 1. The number of nitrogens with zero attached hydrogens (tertiary/aromatic N) is 1. The Bertz CT molecular complexity index is 596. The molecular weight excluding hydrogens is 270 g/mol. The van der Waals surface area contributed by atoms with Gasteiger partial charge in [-0.1, -0.05) is 24.3 Å². The van der Waals surface area contributed by atoms with Crippen LogP contribution in [0.5, 0.6) is 0 Å². The fourth-order valence-electron chi connectivity index (χ4n) is 2.37. The van der Waals surface area contributed by atoms with E-state index in [-0.39, 0.29) is 17.7 Å². The second-order valence-corrected chi connectivity index (χ2v) is 5.30. The van der Waals surface area contributed by atoms with E-state index in [1.165, 1.54) is 18.2 Å². The highest BCUT2D eigenvalue weighted by Gasteiger charge is 2.16. The van der Waals surface area contributed by atoms with E-state index >= 15 is 0 Å². The van der Waals surface area contributed by atoms with E-state index in [0.717, 1.165) is 11.1 Å². The second-order valence-electron chi connectivity index (χ2n) is 5.30. The highest BCUT2D eigenvalue weighted by Crippen LogP contribution is 2.22. The third-order valence-corrected chi connectivity index (χ3v) is 3.68. The molecule has 2 rings (SSSR count). The Morgan fingerprint density at radius 3 is 2.33 bits per heavy atom. The van der Waals surface area contributed by atoms with Gasteiger partial charge in [-0.05, 0) is 48.9 Å². The summed E-state index contributed by atoms with van der Waals surface area (Å²) in [4.78, 5) is 2.04. The zero-order valence-electron chi connectivity index (χ0n) is 12.3. The molecule has 0 aliphatic rings. The van der Waals surface area contributed by atoms with Gasteiger partial charge in [-0.3, -0.25) is 4.90 Å². The number of benzene rings is 2. The Morgan fingerprint density at radius 2 is 1.76 bits per heavy atom. The zero-order valence-corrected chi connectivity index (χ0v) is 12.3. The van der Waals surface area contributed by atoms with E-state index in [4.69, 9.17) is 5.73 Å². The molecule has 0 saturated heterocycles. The Kier molecular flexibility index (Phi) is 5.04. The Morgan fingerprint density at radius 1 is 1.10 bits per heavy atom. The number of rotatable bonds is 5. The SMILES string of the molecule is Cc1ccc(C(CN)N(C)Cc2ccc(F)cc2)cc1F. The zero-order chi connectivity index (χ0) is 15.4. The molecule has 0 aliphatic carbocycles. The average molecular weight is 290 g/mol. The summed E-state index contributed by atoms with van der Waals surface area (Å²) in [6, 6.07) is 11.5. The van der Waals surface area contributed by atoms with Gasteiger partial charge in [0.1, 0.15) is 11.6 Å². The molecule has 2 N–H and O–H groups in total. The summed E-state index contributed by atoms with van der Waals surface area (Å²) in [5.41, 5.74) is 8.31. The van der Waals surface area contributed by atoms with Crippen LogP contribution in [0.3, 0.4) is 0 Å². The molecule has 0 spiro atoms. The number of hydrogen-bond acceptors (Lipinski definition) is 2. The minimum atomic E-state index is -0.252. The van der Waals surface area contributed by atoms with Crippen LogP contribution in [0.25, 0.3) is 0 Å². The van der Waals surface area contributed by atoms with Crippen molar-refractivity contribution in [2.75, 3.05) is 13.6 Å². The van der Waals surface area contributed by atoms with Crippen LogP contribution in [0.2, 0.25) is 0 Å². The Labute approximate surface area is 124 Å². The van der Waals surface area contributed by atoms with Crippen molar-refractivity contribution in [3.8, 4) is 0 Å². The van der Waals surface area contributed by atoms with Crippen LogP contribution in [0, 0.1) is 18.6 Å². The number of hydrogen-bond donors (Lipinski definition) is 1. The maximum absolute atomic E-state index is 13.7. The molecule has 21 heavy (non-hydrogen) atoms. The third kappa shape index (κ3) is 3.86. The van der Waals surface area contributed by atoms with Crippen molar-refractivity contribution < 1.29 is 8.78 Å². The predicted molar refractivity (Wildman–Crippen MR) is 80.8 cm³/mol. The molecule has 112 valence electrons. The third-order valence-electron chi connectivity index (χ3n) is 3.68. The Hall–Kier alpha value is -1.78. The summed E-state index contributed by atoms with van der Waals surface area (Å²) in [6.45, 7) is 2.75. The van der Waals surface area contributed by atoms with Gasteiger partial charge >= 0.3 is 0 Å². The predicted octanol–water partition coefficient (Wildman–Crippen LogP) is 3.41. The number of likely N-dealkylation sites (N-methyl/N-ethyl adjacent to an activating group) is 1. The van der Waals surface area contributed by atoms with Crippen LogP contribution in [0.15, 0.2) is 42.5 Å². The molecule has 0 aliphatic heterocycles. The van der Waals surface area contributed by atoms with Gasteiger partial charge in [0.2, 0.25) is 0 Å². The summed E-state index contributed by atoms with van der Waals surface area (Å²) in [5.74, 6) is -0.474. The molecule has 0 saturated carbocycles. The maximum Gasteiger partial charge on any atom is 0.126 e. The normalized spacial score (nSPS) is 12.7. The van der Waals surface area contributed by atoms with E-state index in [0.29, 0.717) is 18.7 Å². The van der Waals surface area contributed by atoms with Gasteiger partial charge in [-0.2, -0.15) is 0 Å². The van der Waals surface area contributed by atoms with Gasteiger partial charge in [-0.15, -0.1) is 0 Å². The van der Waals surface area contributed by atoms with Crippen LogP contribution in [-0.2, 0) is 6.54 Å². The molecule has 2 nitrogen and oxygen atoms in total. The van der Waals surface area contributed by atoms with Crippen molar-refractivity contribution >= 4 is 0 Å². The molecule has 2 aromatic rings. The Balaban J connectivity index is 2.15. The van der Waals surface area contributed by atoms with Gasteiger partial charge in [0.15, 0.2) is 0 Å². The average Bonchev–Trinajstić information content (AvgIpc) is 2.46. The first kappa shape index (κ1) is 15.6. The van der Waals surface area contributed by atoms with Crippen molar-refractivity contribution in [1.29, 1.82) is 0 Å². The van der Waals surface area contributed by atoms with Gasteiger partial charge in [-0.25, -0.2) is 8.78 Å². The second kappa shape index (κ2) is 6.78. The molecule has 2 aromatic carbocycles. The molecule has 1 unspecified atom stereocenters. The van der Waals surface area contributed by atoms with Crippen molar-refractivity contribution in [2.45, 2.75) is 19.5 Å². The number of halogens is 2. The first-order chi connectivity index (χ1) is 10.0. The van der Waals surface area contributed by atoms with Crippen LogP contribution in [0.1, 0.15) is 22.7 Å². The van der Waals surface area contributed by atoms with Gasteiger partial charge < -0.3 is 5.73 Å². The molecule has 0 amide bonds. The van der Waals surface area contributed by atoms with Crippen molar-refractivity contribution in [1.82, 2.24) is 4.90 Å². The molecule has 0 radical (unpaired) electrons. The minimum Gasteiger partial charge on any atom is -0.329 e. The topological polar surface area (TPSA) is 29.3 Å². The molecular formula is C17H20F2N2. The lowest BCUT2D eigenvalue weighted by Crippen LogP contribution is -2.30.